The molecule has 114 valence electrons. The van der Waals surface area contributed by atoms with Crippen molar-refractivity contribution in [2.24, 2.45) is 5.92 Å². The molecule has 1 N–H and O–H groups in total. The fourth-order valence-corrected chi connectivity index (χ4v) is 3.68. The highest BCUT2D eigenvalue weighted by Crippen LogP contribution is 2.33. The summed E-state index contributed by atoms with van der Waals surface area (Å²) in [7, 11) is 0. The van der Waals surface area contributed by atoms with Crippen LogP contribution < -0.4 is 5.32 Å². The Morgan fingerprint density at radius 3 is 2.77 bits per heavy atom. The van der Waals surface area contributed by atoms with Gasteiger partial charge in [-0.1, -0.05) is 19.9 Å². The Bertz CT molecular complexity index is 782. The van der Waals surface area contributed by atoms with Crippen LogP contribution >= 0.6 is 27.3 Å². The van der Waals surface area contributed by atoms with E-state index in [4.69, 9.17) is 0 Å². The van der Waals surface area contributed by atoms with Crippen LogP contribution in [-0.4, -0.2) is 16.5 Å². The zero-order chi connectivity index (χ0) is 15.5. The molecule has 2 aromatic heterocycles. The summed E-state index contributed by atoms with van der Waals surface area (Å²) in [6.45, 7) is 5.39. The van der Waals surface area contributed by atoms with E-state index in [9.17, 15) is 0 Å². The number of hydrogen-bond acceptors (Lipinski definition) is 4. The molecule has 3 nitrogen and oxygen atoms in total. The van der Waals surface area contributed by atoms with Gasteiger partial charge in [-0.25, -0.2) is 9.97 Å². The highest BCUT2D eigenvalue weighted by molar-refractivity contribution is 9.11. The summed E-state index contributed by atoms with van der Waals surface area (Å²) >= 11 is 5.26. The van der Waals surface area contributed by atoms with Crippen molar-refractivity contribution in [3.63, 3.8) is 0 Å². The number of nitrogens with one attached hydrogen (secondary N) is 1. The quantitative estimate of drug-likeness (QED) is 0.632. The van der Waals surface area contributed by atoms with E-state index in [0.717, 1.165) is 33.5 Å². The summed E-state index contributed by atoms with van der Waals surface area (Å²) in [5, 5.41) is 4.52. The Hall–Kier alpha value is -1.46. The van der Waals surface area contributed by atoms with Crippen molar-refractivity contribution in [3.8, 4) is 10.4 Å². The van der Waals surface area contributed by atoms with Gasteiger partial charge in [0.15, 0.2) is 0 Å². The maximum Gasteiger partial charge on any atom is 0.137 e. The second-order valence-corrected chi connectivity index (χ2v) is 8.13. The monoisotopic (exact) mass is 375 g/mol. The summed E-state index contributed by atoms with van der Waals surface area (Å²) in [5.41, 5.74) is 2.17. The van der Waals surface area contributed by atoms with Gasteiger partial charge in [-0.15, -0.1) is 11.3 Å². The topological polar surface area (TPSA) is 37.8 Å². The molecule has 0 fully saturated rings. The number of aromatic nitrogens is 2. The van der Waals surface area contributed by atoms with Crippen molar-refractivity contribution in [1.82, 2.24) is 9.97 Å². The van der Waals surface area contributed by atoms with Crippen molar-refractivity contribution in [1.29, 1.82) is 0 Å². The predicted octanol–water partition coefficient (Wildman–Crippen LogP) is 5.58. The van der Waals surface area contributed by atoms with Crippen LogP contribution in [-0.2, 0) is 0 Å². The Morgan fingerprint density at radius 1 is 1.18 bits per heavy atom. The van der Waals surface area contributed by atoms with E-state index in [1.54, 1.807) is 17.7 Å². The van der Waals surface area contributed by atoms with Gasteiger partial charge in [-0.05, 0) is 58.1 Å². The van der Waals surface area contributed by atoms with E-state index in [-0.39, 0.29) is 0 Å². The van der Waals surface area contributed by atoms with Gasteiger partial charge in [0, 0.05) is 16.8 Å². The number of nitrogens with zero attached hydrogens (tertiary/aromatic N) is 2. The Kier molecular flexibility index (Phi) is 4.74. The van der Waals surface area contributed by atoms with E-state index in [0.29, 0.717) is 5.92 Å². The van der Waals surface area contributed by atoms with Crippen LogP contribution in [0.15, 0.2) is 40.4 Å². The normalized spacial score (nSPS) is 11.3. The minimum atomic E-state index is 0.680. The molecular formula is C17H18BrN3S. The molecule has 2 heterocycles. The van der Waals surface area contributed by atoms with Crippen LogP contribution in [0.5, 0.6) is 0 Å². The van der Waals surface area contributed by atoms with Crippen molar-refractivity contribution in [2.45, 2.75) is 20.3 Å². The molecule has 22 heavy (non-hydrogen) atoms. The van der Waals surface area contributed by atoms with Crippen molar-refractivity contribution in [3.05, 3.63) is 40.4 Å². The molecule has 0 radical (unpaired) electrons. The zero-order valence-corrected chi connectivity index (χ0v) is 15.0. The van der Waals surface area contributed by atoms with Crippen molar-refractivity contribution in [2.75, 3.05) is 11.9 Å². The third kappa shape index (κ3) is 3.47. The second kappa shape index (κ2) is 6.75. The molecule has 0 aliphatic rings. The number of rotatable bonds is 5. The first-order valence-electron chi connectivity index (χ1n) is 7.38. The summed E-state index contributed by atoms with van der Waals surface area (Å²) in [5.74, 6) is 1.60. The first kappa shape index (κ1) is 15.4. The first-order valence-corrected chi connectivity index (χ1v) is 8.99. The SMILES string of the molecule is CC(C)CCNc1ncnc2ccc(-c3ccc(Br)s3)cc12. The Labute approximate surface area is 142 Å². The van der Waals surface area contributed by atoms with Crippen LogP contribution in [0, 0.1) is 5.92 Å². The van der Waals surface area contributed by atoms with Gasteiger partial charge in [0.05, 0.1) is 9.30 Å². The molecule has 0 aliphatic heterocycles. The molecule has 0 unspecified atom stereocenters. The number of benzene rings is 1. The average molecular weight is 376 g/mol. The zero-order valence-electron chi connectivity index (χ0n) is 12.6. The molecule has 0 saturated carbocycles. The summed E-state index contributed by atoms with van der Waals surface area (Å²) in [6, 6.07) is 10.6. The number of thiophene rings is 1. The smallest absolute Gasteiger partial charge is 0.137 e. The number of hydrogen-bond donors (Lipinski definition) is 1. The lowest BCUT2D eigenvalue weighted by molar-refractivity contribution is 0.607. The lowest BCUT2D eigenvalue weighted by atomic mass is 10.1. The fraction of sp³-hybridized carbons (Fsp3) is 0.294. The van der Waals surface area contributed by atoms with E-state index in [1.165, 1.54) is 10.4 Å². The van der Waals surface area contributed by atoms with Gasteiger partial charge in [-0.2, -0.15) is 0 Å². The largest absolute Gasteiger partial charge is 0.369 e. The summed E-state index contributed by atoms with van der Waals surface area (Å²) in [6.07, 6.45) is 2.75. The van der Waals surface area contributed by atoms with Crippen molar-refractivity contribution < 1.29 is 0 Å². The van der Waals surface area contributed by atoms with Crippen LogP contribution in [0.3, 0.4) is 0 Å². The van der Waals surface area contributed by atoms with E-state index in [1.807, 2.05) is 0 Å². The van der Waals surface area contributed by atoms with Crippen molar-refractivity contribution >= 4 is 44.0 Å². The lowest BCUT2D eigenvalue weighted by Gasteiger charge is -2.10. The standard InChI is InChI=1S/C17H18BrN3S/c1-11(2)7-8-19-17-13-9-12(15-5-6-16(18)22-15)3-4-14(13)20-10-21-17/h3-6,9-11H,7-8H2,1-2H3,(H,19,20,21). The number of fused-ring (bicyclic) bond motifs is 1. The lowest BCUT2D eigenvalue weighted by Crippen LogP contribution is -2.06. The molecule has 0 atom stereocenters. The van der Waals surface area contributed by atoms with E-state index >= 15 is 0 Å². The van der Waals surface area contributed by atoms with Gasteiger partial charge in [0.1, 0.15) is 12.1 Å². The van der Waals surface area contributed by atoms with Gasteiger partial charge in [0.25, 0.3) is 0 Å². The summed E-state index contributed by atoms with van der Waals surface area (Å²) in [4.78, 5) is 10.0. The van der Waals surface area contributed by atoms with Crippen LogP contribution in [0.25, 0.3) is 21.3 Å². The molecule has 1 aromatic carbocycles. The molecule has 0 aliphatic carbocycles. The second-order valence-electron chi connectivity index (χ2n) is 5.67. The number of anilines is 1. The molecule has 0 amide bonds. The molecule has 0 spiro atoms. The van der Waals surface area contributed by atoms with Gasteiger partial charge >= 0.3 is 0 Å². The Morgan fingerprint density at radius 2 is 2.05 bits per heavy atom. The maximum absolute atomic E-state index is 4.42. The highest BCUT2D eigenvalue weighted by atomic mass is 79.9. The molecule has 0 saturated heterocycles. The molecule has 3 aromatic rings. The van der Waals surface area contributed by atoms with Gasteiger partial charge < -0.3 is 5.32 Å². The average Bonchev–Trinajstić information content (AvgIpc) is 2.93. The molecule has 3 rings (SSSR count). The Balaban J connectivity index is 1.95. The maximum atomic E-state index is 4.42. The molecule has 5 heteroatoms. The van der Waals surface area contributed by atoms with Crippen LogP contribution in [0.4, 0.5) is 5.82 Å². The number of halogens is 1. The van der Waals surface area contributed by atoms with Crippen LogP contribution in [0.2, 0.25) is 0 Å². The third-order valence-electron chi connectivity index (χ3n) is 3.51. The van der Waals surface area contributed by atoms with Crippen LogP contribution in [0.1, 0.15) is 20.3 Å². The van der Waals surface area contributed by atoms with Gasteiger partial charge in [-0.3, -0.25) is 0 Å². The summed E-state index contributed by atoms with van der Waals surface area (Å²) < 4.78 is 1.14. The van der Waals surface area contributed by atoms with E-state index < -0.39 is 0 Å². The molecular weight excluding hydrogens is 358 g/mol. The fourth-order valence-electron chi connectivity index (χ4n) is 2.30. The predicted molar refractivity (Wildman–Crippen MR) is 98.5 cm³/mol. The molecule has 0 bridgehead atoms. The minimum Gasteiger partial charge on any atom is -0.369 e. The van der Waals surface area contributed by atoms with Gasteiger partial charge in [0.2, 0.25) is 0 Å². The minimum absolute atomic E-state index is 0.680. The first-order chi connectivity index (χ1) is 10.6. The third-order valence-corrected chi connectivity index (χ3v) is 5.18. The highest BCUT2D eigenvalue weighted by Gasteiger charge is 2.07. The van der Waals surface area contributed by atoms with E-state index in [2.05, 4.69) is 75.4 Å².